The molecule has 1 aromatic heterocycles. The Morgan fingerprint density at radius 2 is 2.18 bits per heavy atom. The van der Waals surface area contributed by atoms with E-state index >= 15 is 0 Å². The molecule has 1 unspecified atom stereocenters. The highest BCUT2D eigenvalue weighted by Crippen LogP contribution is 2.22. The fourth-order valence-electron chi connectivity index (χ4n) is 1.13. The van der Waals surface area contributed by atoms with Crippen LogP contribution in [0.3, 0.4) is 0 Å². The second kappa shape index (κ2) is 3.07. The van der Waals surface area contributed by atoms with Gasteiger partial charge in [0.05, 0.1) is 0 Å². The lowest BCUT2D eigenvalue weighted by molar-refractivity contribution is 0.0654. The van der Waals surface area contributed by atoms with E-state index in [1.165, 1.54) is 0 Å². The van der Waals surface area contributed by atoms with Crippen LogP contribution in [0.15, 0.2) is 10.5 Å². The van der Waals surface area contributed by atoms with E-state index in [2.05, 4.69) is 4.84 Å². The maximum absolute atomic E-state index is 5.30. The van der Waals surface area contributed by atoms with Gasteiger partial charge in [-0.2, -0.15) is 0 Å². The fourth-order valence-corrected chi connectivity index (χ4v) is 1.13. The lowest BCUT2D eigenvalue weighted by Crippen LogP contribution is -2.05. The maximum atomic E-state index is 5.30. The Morgan fingerprint density at radius 1 is 1.55 bits per heavy atom. The van der Waals surface area contributed by atoms with Crippen molar-refractivity contribution < 1.29 is 9.25 Å². The molecule has 0 spiro atoms. The summed E-state index contributed by atoms with van der Waals surface area (Å²) in [6, 6.07) is 1.94. The summed E-state index contributed by atoms with van der Waals surface area (Å²) < 4.78 is 5.30. The summed E-state index contributed by atoms with van der Waals surface area (Å²) in [5.41, 5.74) is 1.02. The molecule has 62 valence electrons. The minimum absolute atomic E-state index is 0.0903. The van der Waals surface area contributed by atoms with Crippen LogP contribution in [-0.2, 0) is 4.84 Å². The second-order valence-electron chi connectivity index (χ2n) is 2.65. The molecular formula is C8H13NO2. The van der Waals surface area contributed by atoms with Crippen LogP contribution in [0, 0.1) is 13.8 Å². The van der Waals surface area contributed by atoms with Crippen molar-refractivity contribution in [3.63, 3.8) is 0 Å². The normalized spacial score (nSPS) is 13.5. The fraction of sp³-hybridized carbons (Fsp3) is 0.500. The van der Waals surface area contributed by atoms with Crippen LogP contribution in [0.2, 0.25) is 0 Å². The predicted octanol–water partition coefficient (Wildman–Crippen LogP) is 1.85. The average Bonchev–Trinajstić information content (AvgIpc) is 2.28. The molecule has 0 aliphatic carbocycles. The lowest BCUT2D eigenvalue weighted by atomic mass is 10.1. The molecule has 2 N–H and O–H groups in total. The highest BCUT2D eigenvalue weighted by atomic mass is 16.6. The van der Waals surface area contributed by atoms with Gasteiger partial charge in [-0.05, 0) is 26.8 Å². The Balaban J connectivity index is 2.93. The molecule has 0 aliphatic heterocycles. The van der Waals surface area contributed by atoms with Gasteiger partial charge in [0.15, 0.2) is 0 Å². The number of aryl methyl sites for hydroxylation is 2. The molecule has 0 aliphatic rings. The van der Waals surface area contributed by atoms with Crippen LogP contribution >= 0.6 is 0 Å². The Morgan fingerprint density at radius 3 is 2.55 bits per heavy atom. The Hall–Kier alpha value is -0.800. The standard InChI is InChI=1S/C8H13NO2/c1-5-4-8(6(2)10-5)7(3)11-9/h4,7H,9H2,1-3H3. The van der Waals surface area contributed by atoms with Gasteiger partial charge in [-0.3, -0.25) is 4.84 Å². The summed E-state index contributed by atoms with van der Waals surface area (Å²) in [6.45, 7) is 5.69. The number of rotatable bonds is 2. The first-order chi connectivity index (χ1) is 5.15. The third-order valence-electron chi connectivity index (χ3n) is 1.72. The van der Waals surface area contributed by atoms with Gasteiger partial charge in [-0.1, -0.05) is 0 Å². The van der Waals surface area contributed by atoms with Crippen molar-refractivity contribution in [2.24, 2.45) is 5.90 Å². The van der Waals surface area contributed by atoms with Crippen molar-refractivity contribution in [1.82, 2.24) is 0 Å². The Kier molecular flexibility index (Phi) is 2.31. The smallest absolute Gasteiger partial charge is 0.106 e. The van der Waals surface area contributed by atoms with Crippen molar-refractivity contribution in [3.8, 4) is 0 Å². The molecule has 0 saturated carbocycles. The van der Waals surface area contributed by atoms with Gasteiger partial charge < -0.3 is 4.42 Å². The SMILES string of the molecule is Cc1cc(C(C)ON)c(C)o1. The molecule has 0 bridgehead atoms. The van der Waals surface area contributed by atoms with Crippen molar-refractivity contribution in [1.29, 1.82) is 0 Å². The van der Waals surface area contributed by atoms with Crippen LogP contribution in [0.4, 0.5) is 0 Å². The molecule has 0 saturated heterocycles. The highest BCUT2D eigenvalue weighted by molar-refractivity contribution is 5.22. The van der Waals surface area contributed by atoms with Crippen LogP contribution in [-0.4, -0.2) is 0 Å². The van der Waals surface area contributed by atoms with Gasteiger partial charge in [-0.25, -0.2) is 5.90 Å². The molecule has 11 heavy (non-hydrogen) atoms. The number of hydrogen-bond acceptors (Lipinski definition) is 3. The van der Waals surface area contributed by atoms with E-state index in [4.69, 9.17) is 10.3 Å². The molecule has 3 heteroatoms. The van der Waals surface area contributed by atoms with Gasteiger partial charge in [0, 0.05) is 5.56 Å². The summed E-state index contributed by atoms with van der Waals surface area (Å²) in [7, 11) is 0. The van der Waals surface area contributed by atoms with Crippen LogP contribution in [0.1, 0.15) is 30.1 Å². The van der Waals surface area contributed by atoms with Gasteiger partial charge >= 0.3 is 0 Å². The topological polar surface area (TPSA) is 48.4 Å². The van der Waals surface area contributed by atoms with Crippen LogP contribution in [0.25, 0.3) is 0 Å². The first-order valence-electron chi connectivity index (χ1n) is 3.57. The summed E-state index contributed by atoms with van der Waals surface area (Å²) in [6.07, 6.45) is -0.0903. The molecule has 3 nitrogen and oxygen atoms in total. The van der Waals surface area contributed by atoms with Crippen molar-refractivity contribution in [3.05, 3.63) is 23.2 Å². The second-order valence-corrected chi connectivity index (χ2v) is 2.65. The molecule has 0 fully saturated rings. The third kappa shape index (κ3) is 1.61. The first-order valence-corrected chi connectivity index (χ1v) is 3.57. The largest absolute Gasteiger partial charge is 0.466 e. The summed E-state index contributed by atoms with van der Waals surface area (Å²) in [4.78, 5) is 4.67. The van der Waals surface area contributed by atoms with E-state index in [9.17, 15) is 0 Å². The Bertz CT molecular complexity index is 242. The summed E-state index contributed by atoms with van der Waals surface area (Å²) >= 11 is 0. The maximum Gasteiger partial charge on any atom is 0.106 e. The van der Waals surface area contributed by atoms with E-state index in [1.807, 2.05) is 26.8 Å². The van der Waals surface area contributed by atoms with E-state index in [1.54, 1.807) is 0 Å². The molecule has 0 aromatic carbocycles. The van der Waals surface area contributed by atoms with Crippen molar-refractivity contribution in [2.45, 2.75) is 26.9 Å². The molecule has 1 rings (SSSR count). The molecule has 0 radical (unpaired) electrons. The summed E-state index contributed by atoms with van der Waals surface area (Å²) in [5, 5.41) is 0. The average molecular weight is 155 g/mol. The zero-order valence-corrected chi connectivity index (χ0v) is 7.05. The number of furan rings is 1. The third-order valence-corrected chi connectivity index (χ3v) is 1.72. The predicted molar refractivity (Wildman–Crippen MR) is 41.9 cm³/mol. The van der Waals surface area contributed by atoms with Crippen LogP contribution < -0.4 is 5.90 Å². The zero-order valence-electron chi connectivity index (χ0n) is 7.05. The molecule has 1 aromatic rings. The van der Waals surface area contributed by atoms with Crippen molar-refractivity contribution in [2.75, 3.05) is 0 Å². The minimum atomic E-state index is -0.0903. The highest BCUT2D eigenvalue weighted by Gasteiger charge is 2.11. The minimum Gasteiger partial charge on any atom is -0.466 e. The zero-order chi connectivity index (χ0) is 8.43. The van der Waals surface area contributed by atoms with E-state index in [-0.39, 0.29) is 6.10 Å². The van der Waals surface area contributed by atoms with E-state index in [0.29, 0.717) is 0 Å². The molecule has 1 heterocycles. The summed E-state index contributed by atoms with van der Waals surface area (Å²) in [5.74, 6) is 6.81. The van der Waals surface area contributed by atoms with Gasteiger partial charge in [0.1, 0.15) is 17.6 Å². The van der Waals surface area contributed by atoms with Gasteiger partial charge in [0.2, 0.25) is 0 Å². The molecule has 0 amide bonds. The number of nitrogens with two attached hydrogens (primary N) is 1. The van der Waals surface area contributed by atoms with E-state index in [0.717, 1.165) is 17.1 Å². The lowest BCUT2D eigenvalue weighted by Gasteiger charge is -2.05. The van der Waals surface area contributed by atoms with Crippen LogP contribution in [0.5, 0.6) is 0 Å². The Labute approximate surface area is 66.1 Å². The van der Waals surface area contributed by atoms with Crippen molar-refractivity contribution >= 4 is 0 Å². The van der Waals surface area contributed by atoms with Gasteiger partial charge in [-0.15, -0.1) is 0 Å². The molecular weight excluding hydrogens is 142 g/mol. The first kappa shape index (κ1) is 8.30. The van der Waals surface area contributed by atoms with Gasteiger partial charge in [0.25, 0.3) is 0 Å². The quantitative estimate of drug-likeness (QED) is 0.663. The number of hydrogen-bond donors (Lipinski definition) is 1. The monoisotopic (exact) mass is 155 g/mol. The van der Waals surface area contributed by atoms with E-state index < -0.39 is 0 Å². The molecule has 1 atom stereocenters.